The van der Waals surface area contributed by atoms with Crippen LogP contribution in [0.15, 0.2) is 12.3 Å². The molecule has 0 bridgehead atoms. The van der Waals surface area contributed by atoms with E-state index in [9.17, 15) is 14.9 Å². The second-order valence-corrected chi connectivity index (χ2v) is 4.47. The van der Waals surface area contributed by atoms with E-state index in [2.05, 4.69) is 4.98 Å². The molecule has 1 unspecified atom stereocenters. The summed E-state index contributed by atoms with van der Waals surface area (Å²) in [6.07, 6.45) is 1.90. The van der Waals surface area contributed by atoms with E-state index in [1.165, 1.54) is 6.07 Å². The number of ether oxygens (including phenoxy) is 1. The van der Waals surface area contributed by atoms with Gasteiger partial charge < -0.3 is 14.7 Å². The lowest BCUT2D eigenvalue weighted by atomic mass is 10.2. The summed E-state index contributed by atoms with van der Waals surface area (Å²) >= 11 is 0. The van der Waals surface area contributed by atoms with Gasteiger partial charge in [-0.1, -0.05) is 6.92 Å². The molecule has 0 saturated carbocycles. The highest BCUT2D eigenvalue weighted by Crippen LogP contribution is 2.24. The standard InChI is InChI=1S/C12H15N3O5/c1-2-8-7-14(3-4-20-8)11-5-9(12(16)17)10(6-13-11)15(18)19/h5-6,8H,2-4,7H2,1H3,(H,16,17). The number of carbonyl (C=O) groups is 1. The average Bonchev–Trinajstić information content (AvgIpc) is 2.46. The number of hydrogen-bond acceptors (Lipinski definition) is 6. The number of carboxylic acid groups (broad SMARTS) is 1. The molecule has 1 fully saturated rings. The number of aromatic nitrogens is 1. The molecule has 8 nitrogen and oxygen atoms in total. The topological polar surface area (TPSA) is 106 Å². The Bertz CT molecular complexity index is 534. The van der Waals surface area contributed by atoms with Crippen molar-refractivity contribution in [2.24, 2.45) is 0 Å². The monoisotopic (exact) mass is 281 g/mol. The Labute approximate surface area is 115 Å². The smallest absolute Gasteiger partial charge is 0.342 e. The Hall–Kier alpha value is -2.22. The van der Waals surface area contributed by atoms with Gasteiger partial charge in [-0.2, -0.15) is 0 Å². The van der Waals surface area contributed by atoms with Crippen LogP contribution in [0.5, 0.6) is 0 Å². The van der Waals surface area contributed by atoms with Crippen LogP contribution in [0.2, 0.25) is 0 Å². The minimum atomic E-state index is -1.33. The summed E-state index contributed by atoms with van der Waals surface area (Å²) in [7, 11) is 0. The van der Waals surface area contributed by atoms with Crippen molar-refractivity contribution >= 4 is 17.5 Å². The lowest BCUT2D eigenvalue weighted by Crippen LogP contribution is -2.42. The first-order chi connectivity index (χ1) is 9.52. The van der Waals surface area contributed by atoms with Crippen LogP contribution in [0.25, 0.3) is 0 Å². The molecule has 2 rings (SSSR count). The number of nitro groups is 1. The summed E-state index contributed by atoms with van der Waals surface area (Å²) in [5.74, 6) is -0.907. The lowest BCUT2D eigenvalue weighted by Gasteiger charge is -2.33. The lowest BCUT2D eigenvalue weighted by molar-refractivity contribution is -0.385. The van der Waals surface area contributed by atoms with Crippen LogP contribution in [0.1, 0.15) is 23.7 Å². The molecule has 1 atom stereocenters. The van der Waals surface area contributed by atoms with Crippen LogP contribution in [-0.4, -0.2) is 46.8 Å². The zero-order chi connectivity index (χ0) is 14.7. The van der Waals surface area contributed by atoms with Gasteiger partial charge in [0, 0.05) is 19.2 Å². The first-order valence-electron chi connectivity index (χ1n) is 6.27. The summed E-state index contributed by atoms with van der Waals surface area (Å²) in [4.78, 5) is 27.0. The van der Waals surface area contributed by atoms with Crippen molar-refractivity contribution in [2.45, 2.75) is 19.4 Å². The van der Waals surface area contributed by atoms with Gasteiger partial charge in [0.05, 0.1) is 17.6 Å². The van der Waals surface area contributed by atoms with Crippen LogP contribution in [0, 0.1) is 10.1 Å². The van der Waals surface area contributed by atoms with Crippen LogP contribution in [-0.2, 0) is 4.74 Å². The van der Waals surface area contributed by atoms with Crippen molar-refractivity contribution in [3.63, 3.8) is 0 Å². The molecule has 1 aromatic rings. The van der Waals surface area contributed by atoms with E-state index in [1.807, 2.05) is 11.8 Å². The maximum absolute atomic E-state index is 11.1. The van der Waals surface area contributed by atoms with Gasteiger partial charge in [0.25, 0.3) is 0 Å². The molecule has 8 heteroatoms. The highest BCUT2D eigenvalue weighted by Gasteiger charge is 2.25. The third kappa shape index (κ3) is 2.85. The normalized spacial score (nSPS) is 18.9. The van der Waals surface area contributed by atoms with Crippen molar-refractivity contribution < 1.29 is 19.6 Å². The molecule has 0 amide bonds. The number of hydrogen-bond donors (Lipinski definition) is 1. The Kier molecular flexibility index (Phi) is 4.14. The summed E-state index contributed by atoms with van der Waals surface area (Å²) in [6.45, 7) is 3.71. The summed E-state index contributed by atoms with van der Waals surface area (Å²) in [5, 5.41) is 19.8. The Morgan fingerprint density at radius 1 is 1.70 bits per heavy atom. The number of carboxylic acids is 1. The third-order valence-corrected chi connectivity index (χ3v) is 3.21. The SMILES string of the molecule is CCC1CN(c2cc(C(=O)O)c([N+](=O)[O-])cn2)CCO1. The highest BCUT2D eigenvalue weighted by molar-refractivity contribution is 5.93. The highest BCUT2D eigenvalue weighted by atomic mass is 16.6. The predicted molar refractivity (Wildman–Crippen MR) is 70.1 cm³/mol. The largest absolute Gasteiger partial charge is 0.477 e. The van der Waals surface area contributed by atoms with Gasteiger partial charge in [0.15, 0.2) is 0 Å². The fourth-order valence-corrected chi connectivity index (χ4v) is 2.10. The Balaban J connectivity index is 2.31. The maximum atomic E-state index is 11.1. The summed E-state index contributed by atoms with van der Waals surface area (Å²) in [6, 6.07) is 1.25. The first-order valence-corrected chi connectivity index (χ1v) is 6.27. The van der Waals surface area contributed by atoms with Gasteiger partial charge in [0.2, 0.25) is 0 Å². The fraction of sp³-hybridized carbons (Fsp3) is 0.500. The van der Waals surface area contributed by atoms with Gasteiger partial charge in [-0.15, -0.1) is 0 Å². The van der Waals surface area contributed by atoms with Crippen molar-refractivity contribution in [3.05, 3.63) is 27.9 Å². The zero-order valence-electron chi connectivity index (χ0n) is 11.0. The van der Waals surface area contributed by atoms with E-state index >= 15 is 0 Å². The molecule has 108 valence electrons. The summed E-state index contributed by atoms with van der Waals surface area (Å²) in [5.41, 5.74) is -0.846. The molecule has 20 heavy (non-hydrogen) atoms. The first kappa shape index (κ1) is 14.2. The van der Waals surface area contributed by atoms with Crippen LogP contribution in [0.3, 0.4) is 0 Å². The third-order valence-electron chi connectivity index (χ3n) is 3.21. The number of anilines is 1. The van der Waals surface area contributed by atoms with E-state index < -0.39 is 16.6 Å². The predicted octanol–water partition coefficient (Wildman–Crippen LogP) is 1.30. The van der Waals surface area contributed by atoms with Gasteiger partial charge >= 0.3 is 11.7 Å². The second kappa shape index (κ2) is 5.83. The van der Waals surface area contributed by atoms with Crippen molar-refractivity contribution in [1.82, 2.24) is 4.98 Å². The van der Waals surface area contributed by atoms with Crippen molar-refractivity contribution in [1.29, 1.82) is 0 Å². The number of aromatic carboxylic acids is 1. The zero-order valence-corrected chi connectivity index (χ0v) is 11.0. The molecule has 1 aromatic heterocycles. The molecule has 0 radical (unpaired) electrons. The molecule has 1 aliphatic rings. The molecular weight excluding hydrogens is 266 g/mol. The van der Waals surface area contributed by atoms with Crippen LogP contribution < -0.4 is 4.90 Å². The molecule has 2 heterocycles. The molecule has 0 aliphatic carbocycles. The van der Waals surface area contributed by atoms with E-state index in [0.717, 1.165) is 12.6 Å². The minimum absolute atomic E-state index is 0.0639. The molecule has 1 N–H and O–H groups in total. The second-order valence-electron chi connectivity index (χ2n) is 4.47. The van der Waals surface area contributed by atoms with Gasteiger partial charge in [0.1, 0.15) is 17.6 Å². The minimum Gasteiger partial charge on any atom is -0.477 e. The quantitative estimate of drug-likeness (QED) is 0.654. The number of rotatable bonds is 4. The van der Waals surface area contributed by atoms with Crippen LogP contribution in [0.4, 0.5) is 11.5 Å². The molecule has 1 aliphatic heterocycles. The van der Waals surface area contributed by atoms with Crippen LogP contribution >= 0.6 is 0 Å². The Morgan fingerprint density at radius 3 is 3.05 bits per heavy atom. The Morgan fingerprint density at radius 2 is 2.45 bits per heavy atom. The molecule has 1 saturated heterocycles. The summed E-state index contributed by atoms with van der Waals surface area (Å²) < 4.78 is 5.52. The fourth-order valence-electron chi connectivity index (χ4n) is 2.10. The van der Waals surface area contributed by atoms with E-state index in [4.69, 9.17) is 9.84 Å². The van der Waals surface area contributed by atoms with Crippen molar-refractivity contribution in [2.75, 3.05) is 24.6 Å². The number of morpholine rings is 1. The molecule has 0 spiro atoms. The van der Waals surface area contributed by atoms with E-state index in [1.54, 1.807) is 0 Å². The van der Waals surface area contributed by atoms with Gasteiger partial charge in [-0.25, -0.2) is 9.78 Å². The average molecular weight is 281 g/mol. The molecule has 0 aromatic carbocycles. The van der Waals surface area contributed by atoms with Gasteiger partial charge in [-0.3, -0.25) is 10.1 Å². The van der Waals surface area contributed by atoms with Crippen molar-refractivity contribution in [3.8, 4) is 0 Å². The molecular formula is C12H15N3O5. The van der Waals surface area contributed by atoms with E-state index in [0.29, 0.717) is 25.5 Å². The van der Waals surface area contributed by atoms with Gasteiger partial charge in [-0.05, 0) is 6.42 Å². The maximum Gasteiger partial charge on any atom is 0.342 e. The number of pyridine rings is 1. The van der Waals surface area contributed by atoms with E-state index in [-0.39, 0.29) is 11.7 Å². The number of nitrogens with zero attached hydrogens (tertiary/aromatic N) is 3.